The van der Waals surface area contributed by atoms with Gasteiger partial charge in [-0.1, -0.05) is 20.3 Å². The van der Waals surface area contributed by atoms with E-state index in [1.54, 1.807) is 0 Å². The van der Waals surface area contributed by atoms with Crippen LogP contribution in [0.4, 0.5) is 0 Å². The third kappa shape index (κ3) is 3.01. The highest BCUT2D eigenvalue weighted by molar-refractivity contribution is 5.79. The van der Waals surface area contributed by atoms with E-state index in [1.807, 2.05) is 6.92 Å². The number of rotatable bonds is 8. The van der Waals surface area contributed by atoms with E-state index in [0.717, 1.165) is 38.6 Å². The van der Waals surface area contributed by atoms with Gasteiger partial charge in [-0.3, -0.25) is 9.69 Å². The fourth-order valence-corrected chi connectivity index (χ4v) is 2.64. The molecular formula is C14H27NO2. The van der Waals surface area contributed by atoms with E-state index in [1.165, 1.54) is 0 Å². The standard InChI is InChI=1S/C14H27NO2/c1-5-7-10-15(11(3)6-2)14(4,13(16)17)12-8-9-12/h11-12H,5-10H2,1-4H3,(H,16,17). The van der Waals surface area contributed by atoms with Gasteiger partial charge in [0, 0.05) is 6.04 Å². The lowest BCUT2D eigenvalue weighted by molar-refractivity contribution is -0.154. The van der Waals surface area contributed by atoms with E-state index < -0.39 is 11.5 Å². The van der Waals surface area contributed by atoms with Gasteiger partial charge in [0.05, 0.1) is 0 Å². The van der Waals surface area contributed by atoms with Crippen LogP contribution in [0.25, 0.3) is 0 Å². The topological polar surface area (TPSA) is 40.5 Å². The van der Waals surface area contributed by atoms with Crippen molar-refractivity contribution in [3.8, 4) is 0 Å². The maximum Gasteiger partial charge on any atom is 0.324 e. The lowest BCUT2D eigenvalue weighted by atomic mass is 9.91. The molecule has 2 unspecified atom stereocenters. The molecular weight excluding hydrogens is 214 g/mol. The molecule has 3 nitrogen and oxygen atoms in total. The second-order valence-corrected chi connectivity index (χ2v) is 5.53. The molecule has 0 aliphatic heterocycles. The number of unbranched alkanes of at least 4 members (excludes halogenated alkanes) is 1. The Kier molecular flexibility index (Phi) is 4.99. The van der Waals surface area contributed by atoms with Crippen LogP contribution >= 0.6 is 0 Å². The van der Waals surface area contributed by atoms with Crippen molar-refractivity contribution in [3.63, 3.8) is 0 Å². The summed E-state index contributed by atoms with van der Waals surface area (Å²) < 4.78 is 0. The van der Waals surface area contributed by atoms with Crippen molar-refractivity contribution < 1.29 is 9.90 Å². The maximum atomic E-state index is 11.7. The molecule has 2 atom stereocenters. The highest BCUT2D eigenvalue weighted by Gasteiger charge is 2.52. The molecule has 1 aliphatic rings. The van der Waals surface area contributed by atoms with Gasteiger partial charge in [-0.25, -0.2) is 0 Å². The van der Waals surface area contributed by atoms with Gasteiger partial charge in [0.15, 0.2) is 0 Å². The molecule has 0 aromatic heterocycles. The Labute approximate surface area is 105 Å². The average molecular weight is 241 g/mol. The van der Waals surface area contributed by atoms with E-state index >= 15 is 0 Å². The van der Waals surface area contributed by atoms with Gasteiger partial charge in [-0.2, -0.15) is 0 Å². The molecule has 0 bridgehead atoms. The van der Waals surface area contributed by atoms with Crippen LogP contribution in [0.3, 0.4) is 0 Å². The summed E-state index contributed by atoms with van der Waals surface area (Å²) in [6.45, 7) is 9.28. The Morgan fingerprint density at radius 1 is 1.47 bits per heavy atom. The molecule has 1 rings (SSSR count). The van der Waals surface area contributed by atoms with Gasteiger partial charge in [0.2, 0.25) is 0 Å². The third-order valence-electron chi connectivity index (χ3n) is 4.28. The smallest absolute Gasteiger partial charge is 0.324 e. The lowest BCUT2D eigenvalue weighted by Crippen LogP contribution is -2.57. The monoisotopic (exact) mass is 241 g/mol. The van der Waals surface area contributed by atoms with E-state index in [0.29, 0.717) is 12.0 Å². The summed E-state index contributed by atoms with van der Waals surface area (Å²) in [6.07, 6.45) is 5.36. The predicted octanol–water partition coefficient (Wildman–Crippen LogP) is 3.14. The predicted molar refractivity (Wildman–Crippen MR) is 70.1 cm³/mol. The number of carboxylic acids is 1. The van der Waals surface area contributed by atoms with Crippen LogP contribution in [0.2, 0.25) is 0 Å². The van der Waals surface area contributed by atoms with E-state index in [-0.39, 0.29) is 0 Å². The van der Waals surface area contributed by atoms with E-state index in [9.17, 15) is 9.90 Å². The quantitative estimate of drug-likeness (QED) is 0.709. The van der Waals surface area contributed by atoms with Crippen LogP contribution in [-0.4, -0.2) is 34.1 Å². The Bertz CT molecular complexity index is 263. The molecule has 3 heteroatoms. The molecule has 0 amide bonds. The minimum Gasteiger partial charge on any atom is -0.480 e. The summed E-state index contributed by atoms with van der Waals surface area (Å²) in [6, 6.07) is 0.350. The Morgan fingerprint density at radius 3 is 2.41 bits per heavy atom. The van der Waals surface area contributed by atoms with Gasteiger partial charge in [0.1, 0.15) is 5.54 Å². The van der Waals surface area contributed by atoms with Gasteiger partial charge < -0.3 is 5.11 Å². The highest BCUT2D eigenvalue weighted by atomic mass is 16.4. The van der Waals surface area contributed by atoms with Crippen LogP contribution in [0.15, 0.2) is 0 Å². The van der Waals surface area contributed by atoms with Crippen molar-refractivity contribution in [2.24, 2.45) is 5.92 Å². The van der Waals surface area contributed by atoms with Crippen LogP contribution in [0, 0.1) is 5.92 Å². The molecule has 1 saturated carbocycles. The Hall–Kier alpha value is -0.570. The van der Waals surface area contributed by atoms with Crippen LogP contribution in [-0.2, 0) is 4.79 Å². The SMILES string of the molecule is CCCCN(C(C)CC)C(C)(C(=O)O)C1CC1. The first kappa shape index (κ1) is 14.5. The Balaban J connectivity index is 2.87. The zero-order chi connectivity index (χ0) is 13.1. The van der Waals surface area contributed by atoms with E-state index in [4.69, 9.17) is 0 Å². The normalized spacial score (nSPS) is 21.2. The molecule has 1 N–H and O–H groups in total. The number of carbonyl (C=O) groups is 1. The van der Waals surface area contributed by atoms with Crippen molar-refractivity contribution in [1.29, 1.82) is 0 Å². The molecule has 0 aromatic rings. The first-order valence-electron chi connectivity index (χ1n) is 6.98. The van der Waals surface area contributed by atoms with Crippen molar-refractivity contribution in [2.75, 3.05) is 6.54 Å². The summed E-state index contributed by atoms with van der Waals surface area (Å²) in [4.78, 5) is 13.9. The summed E-state index contributed by atoms with van der Waals surface area (Å²) in [7, 11) is 0. The number of aliphatic carboxylic acids is 1. The van der Waals surface area contributed by atoms with Crippen molar-refractivity contribution in [3.05, 3.63) is 0 Å². The molecule has 1 fully saturated rings. The molecule has 0 radical (unpaired) electrons. The zero-order valence-corrected chi connectivity index (χ0v) is 11.7. The van der Waals surface area contributed by atoms with Crippen molar-refractivity contribution in [2.45, 2.75) is 71.4 Å². The third-order valence-corrected chi connectivity index (χ3v) is 4.28. The second-order valence-electron chi connectivity index (χ2n) is 5.53. The highest BCUT2D eigenvalue weighted by Crippen LogP contribution is 2.44. The van der Waals surface area contributed by atoms with Crippen LogP contribution < -0.4 is 0 Å². The number of hydrogen-bond acceptors (Lipinski definition) is 2. The minimum atomic E-state index is -0.648. The molecule has 100 valence electrons. The van der Waals surface area contributed by atoms with Crippen LogP contribution in [0.5, 0.6) is 0 Å². The van der Waals surface area contributed by atoms with Gasteiger partial charge in [0.25, 0.3) is 0 Å². The van der Waals surface area contributed by atoms with Crippen LogP contribution in [0.1, 0.15) is 59.8 Å². The number of nitrogens with zero attached hydrogens (tertiary/aromatic N) is 1. The summed E-state index contributed by atoms with van der Waals surface area (Å²) in [5.74, 6) is -0.290. The Morgan fingerprint density at radius 2 is 2.06 bits per heavy atom. The number of hydrogen-bond donors (Lipinski definition) is 1. The van der Waals surface area contributed by atoms with Crippen molar-refractivity contribution >= 4 is 5.97 Å². The fraction of sp³-hybridized carbons (Fsp3) is 0.929. The molecule has 0 aromatic carbocycles. The maximum absolute atomic E-state index is 11.7. The molecule has 0 heterocycles. The molecule has 0 spiro atoms. The van der Waals surface area contributed by atoms with Gasteiger partial charge in [-0.15, -0.1) is 0 Å². The average Bonchev–Trinajstić information content (AvgIpc) is 3.12. The van der Waals surface area contributed by atoms with Crippen molar-refractivity contribution in [1.82, 2.24) is 4.90 Å². The van der Waals surface area contributed by atoms with Gasteiger partial charge in [-0.05, 0) is 52.0 Å². The fourth-order valence-electron chi connectivity index (χ4n) is 2.64. The summed E-state index contributed by atoms with van der Waals surface area (Å²) in [5, 5.41) is 9.62. The number of carboxylic acid groups (broad SMARTS) is 1. The second kappa shape index (κ2) is 5.85. The first-order valence-corrected chi connectivity index (χ1v) is 6.98. The molecule has 17 heavy (non-hydrogen) atoms. The van der Waals surface area contributed by atoms with E-state index in [2.05, 4.69) is 25.7 Å². The lowest BCUT2D eigenvalue weighted by Gasteiger charge is -2.42. The summed E-state index contributed by atoms with van der Waals surface area (Å²) in [5.41, 5.74) is -0.648. The summed E-state index contributed by atoms with van der Waals surface area (Å²) >= 11 is 0. The van der Waals surface area contributed by atoms with Gasteiger partial charge >= 0.3 is 5.97 Å². The molecule has 0 saturated heterocycles. The first-order chi connectivity index (χ1) is 7.98. The largest absolute Gasteiger partial charge is 0.480 e. The molecule has 1 aliphatic carbocycles. The zero-order valence-electron chi connectivity index (χ0n) is 11.7. The minimum absolute atomic E-state index is 0.350.